The van der Waals surface area contributed by atoms with Gasteiger partial charge in [0.1, 0.15) is 5.75 Å². The summed E-state index contributed by atoms with van der Waals surface area (Å²) < 4.78 is 17.0. The van der Waals surface area contributed by atoms with E-state index in [1.165, 1.54) is 0 Å². The van der Waals surface area contributed by atoms with E-state index in [9.17, 15) is 0 Å². The molecule has 0 spiro atoms. The molecule has 27 heavy (non-hydrogen) atoms. The van der Waals surface area contributed by atoms with Crippen LogP contribution in [0.5, 0.6) is 17.2 Å². The molecule has 0 aliphatic heterocycles. The van der Waals surface area contributed by atoms with Crippen LogP contribution in [0.15, 0.2) is 65.1 Å². The second-order valence-corrected chi connectivity index (χ2v) is 6.74. The Kier molecular flexibility index (Phi) is 6.20. The van der Waals surface area contributed by atoms with Gasteiger partial charge in [0.05, 0.1) is 25.8 Å². The van der Waals surface area contributed by atoms with Crippen LogP contribution in [0.3, 0.4) is 0 Å². The number of methoxy groups -OCH3 is 3. The molecule has 0 radical (unpaired) electrons. The number of hydrogen-bond acceptors (Lipinski definition) is 3. The Morgan fingerprint density at radius 2 is 1.52 bits per heavy atom. The Bertz CT molecular complexity index is 946. The van der Waals surface area contributed by atoms with Crippen molar-refractivity contribution in [2.24, 2.45) is 0 Å². The van der Waals surface area contributed by atoms with Crippen molar-refractivity contribution in [2.75, 3.05) is 21.3 Å². The molecule has 3 aromatic carbocycles. The molecule has 0 fully saturated rings. The molecule has 0 unspecified atom stereocenters. The molecule has 0 aliphatic carbocycles. The summed E-state index contributed by atoms with van der Waals surface area (Å²) in [6, 6.07) is 20.3. The molecule has 138 valence electrons. The molecule has 0 aliphatic rings. The summed E-state index contributed by atoms with van der Waals surface area (Å²) in [5.41, 5.74) is 4.39. The first-order valence-electron chi connectivity index (χ1n) is 8.49. The summed E-state index contributed by atoms with van der Waals surface area (Å²) >= 11 is 3.58. The third-order valence-corrected chi connectivity index (χ3v) is 4.87. The van der Waals surface area contributed by atoms with Gasteiger partial charge in [-0.1, -0.05) is 48.6 Å². The lowest BCUT2D eigenvalue weighted by molar-refractivity contribution is 0.353. The molecule has 0 atom stereocenters. The van der Waals surface area contributed by atoms with Crippen molar-refractivity contribution < 1.29 is 14.2 Å². The largest absolute Gasteiger partial charge is 0.497 e. The fourth-order valence-electron chi connectivity index (χ4n) is 2.88. The molecular formula is C23H21BrO3. The van der Waals surface area contributed by atoms with Crippen LogP contribution in [0, 0.1) is 0 Å². The highest BCUT2D eigenvalue weighted by Gasteiger charge is 2.12. The van der Waals surface area contributed by atoms with Gasteiger partial charge in [-0.25, -0.2) is 0 Å². The molecule has 3 nitrogen and oxygen atoms in total. The molecule has 4 heteroatoms. The summed E-state index contributed by atoms with van der Waals surface area (Å²) in [6.45, 7) is 0. The van der Waals surface area contributed by atoms with Gasteiger partial charge >= 0.3 is 0 Å². The lowest BCUT2D eigenvalue weighted by Gasteiger charge is -2.13. The minimum absolute atomic E-state index is 0.688. The molecule has 0 N–H and O–H groups in total. The summed E-state index contributed by atoms with van der Waals surface area (Å²) in [6.07, 6.45) is 4.20. The van der Waals surface area contributed by atoms with Crippen LogP contribution in [0.1, 0.15) is 11.1 Å². The molecule has 0 heterocycles. The van der Waals surface area contributed by atoms with Crippen LogP contribution in [0.2, 0.25) is 0 Å². The first-order chi connectivity index (χ1) is 13.2. The van der Waals surface area contributed by atoms with Gasteiger partial charge in [-0.2, -0.15) is 0 Å². The van der Waals surface area contributed by atoms with E-state index < -0.39 is 0 Å². The molecule has 0 bridgehead atoms. The first-order valence-corrected chi connectivity index (χ1v) is 9.28. The predicted octanol–water partition coefficient (Wildman–Crippen LogP) is 6.31. The Morgan fingerprint density at radius 3 is 2.19 bits per heavy atom. The fraction of sp³-hybridized carbons (Fsp3) is 0.130. The Morgan fingerprint density at radius 1 is 0.778 bits per heavy atom. The van der Waals surface area contributed by atoms with Crippen LogP contribution in [-0.2, 0) is 0 Å². The van der Waals surface area contributed by atoms with Gasteiger partial charge in [0, 0.05) is 0 Å². The number of rotatable bonds is 6. The SMILES string of the molecule is COc1ccc(/C=C\c2ccccc2-c2cc(Br)c(OC)c(OC)c2)cc1. The zero-order valence-corrected chi connectivity index (χ0v) is 17.1. The Labute approximate surface area is 168 Å². The normalized spacial score (nSPS) is 10.8. The summed E-state index contributed by atoms with van der Waals surface area (Å²) in [5.74, 6) is 2.23. The molecule has 3 rings (SSSR count). The number of hydrogen-bond donors (Lipinski definition) is 0. The van der Waals surface area contributed by atoms with Gasteiger partial charge in [-0.15, -0.1) is 0 Å². The molecule has 3 aromatic rings. The van der Waals surface area contributed by atoms with Crippen molar-refractivity contribution in [3.05, 3.63) is 76.3 Å². The highest BCUT2D eigenvalue weighted by molar-refractivity contribution is 9.10. The summed E-state index contributed by atoms with van der Waals surface area (Å²) in [7, 11) is 4.94. The minimum Gasteiger partial charge on any atom is -0.497 e. The monoisotopic (exact) mass is 424 g/mol. The highest BCUT2D eigenvalue weighted by Crippen LogP contribution is 2.40. The summed E-state index contributed by atoms with van der Waals surface area (Å²) in [5, 5.41) is 0. The number of ether oxygens (including phenoxy) is 3. The quantitative estimate of drug-likeness (QED) is 0.433. The third-order valence-electron chi connectivity index (χ3n) is 4.28. The summed E-state index contributed by atoms with van der Waals surface area (Å²) in [4.78, 5) is 0. The average molecular weight is 425 g/mol. The molecule has 0 saturated heterocycles. The smallest absolute Gasteiger partial charge is 0.174 e. The predicted molar refractivity (Wildman–Crippen MR) is 115 cm³/mol. The van der Waals surface area contributed by atoms with Crippen LogP contribution < -0.4 is 14.2 Å². The second kappa shape index (κ2) is 8.78. The number of benzene rings is 3. The highest BCUT2D eigenvalue weighted by atomic mass is 79.9. The van der Waals surface area contributed by atoms with Crippen molar-refractivity contribution in [2.45, 2.75) is 0 Å². The van der Waals surface area contributed by atoms with Gasteiger partial charge in [0.2, 0.25) is 0 Å². The van der Waals surface area contributed by atoms with E-state index in [1.54, 1.807) is 21.3 Å². The van der Waals surface area contributed by atoms with E-state index in [1.807, 2.05) is 48.5 Å². The van der Waals surface area contributed by atoms with E-state index in [2.05, 4.69) is 40.2 Å². The van der Waals surface area contributed by atoms with Crippen molar-refractivity contribution in [3.63, 3.8) is 0 Å². The van der Waals surface area contributed by atoms with Gasteiger partial charge < -0.3 is 14.2 Å². The molecular weight excluding hydrogens is 404 g/mol. The molecule has 0 aromatic heterocycles. The topological polar surface area (TPSA) is 27.7 Å². The van der Waals surface area contributed by atoms with Gasteiger partial charge in [-0.05, 0) is 62.4 Å². The van der Waals surface area contributed by atoms with Crippen molar-refractivity contribution >= 4 is 28.1 Å². The zero-order chi connectivity index (χ0) is 19.2. The lowest BCUT2D eigenvalue weighted by Crippen LogP contribution is -1.93. The lowest BCUT2D eigenvalue weighted by atomic mass is 9.98. The standard InChI is InChI=1S/C23H21BrO3/c1-25-19-12-9-16(10-13-19)8-11-17-6-4-5-7-20(17)18-14-21(24)23(27-3)22(15-18)26-2/h4-15H,1-3H3/b11-8-. The van der Waals surface area contributed by atoms with E-state index in [-0.39, 0.29) is 0 Å². The second-order valence-electron chi connectivity index (χ2n) is 5.89. The van der Waals surface area contributed by atoms with E-state index >= 15 is 0 Å². The number of halogens is 1. The van der Waals surface area contributed by atoms with E-state index in [0.717, 1.165) is 32.5 Å². The fourth-order valence-corrected chi connectivity index (χ4v) is 3.48. The maximum absolute atomic E-state index is 5.49. The van der Waals surface area contributed by atoms with Crippen LogP contribution in [0.4, 0.5) is 0 Å². The first kappa shape index (κ1) is 19.1. The van der Waals surface area contributed by atoms with Crippen molar-refractivity contribution in [1.82, 2.24) is 0 Å². The van der Waals surface area contributed by atoms with Crippen LogP contribution in [-0.4, -0.2) is 21.3 Å². The third kappa shape index (κ3) is 4.34. The van der Waals surface area contributed by atoms with E-state index in [0.29, 0.717) is 11.5 Å². The van der Waals surface area contributed by atoms with Crippen LogP contribution >= 0.6 is 15.9 Å². The molecule has 0 amide bonds. The van der Waals surface area contributed by atoms with Gasteiger partial charge in [0.25, 0.3) is 0 Å². The van der Waals surface area contributed by atoms with Gasteiger partial charge in [-0.3, -0.25) is 0 Å². The maximum Gasteiger partial charge on any atom is 0.174 e. The van der Waals surface area contributed by atoms with Crippen molar-refractivity contribution in [1.29, 1.82) is 0 Å². The van der Waals surface area contributed by atoms with E-state index in [4.69, 9.17) is 14.2 Å². The Balaban J connectivity index is 1.99. The maximum atomic E-state index is 5.49. The average Bonchev–Trinajstić information content (AvgIpc) is 2.72. The van der Waals surface area contributed by atoms with Crippen LogP contribution in [0.25, 0.3) is 23.3 Å². The Hall–Kier alpha value is -2.72. The minimum atomic E-state index is 0.688. The zero-order valence-electron chi connectivity index (χ0n) is 15.5. The molecule has 0 saturated carbocycles. The van der Waals surface area contributed by atoms with Crippen molar-refractivity contribution in [3.8, 4) is 28.4 Å². The van der Waals surface area contributed by atoms with Gasteiger partial charge in [0.15, 0.2) is 11.5 Å².